The van der Waals surface area contributed by atoms with Gasteiger partial charge >= 0.3 is 0 Å². The van der Waals surface area contributed by atoms with Crippen LogP contribution in [0.2, 0.25) is 0 Å². The summed E-state index contributed by atoms with van der Waals surface area (Å²) in [4.78, 5) is 0. The van der Waals surface area contributed by atoms with Crippen molar-refractivity contribution in [1.29, 1.82) is 0 Å². The summed E-state index contributed by atoms with van der Waals surface area (Å²) < 4.78 is 0. The van der Waals surface area contributed by atoms with Crippen molar-refractivity contribution in [3.8, 4) is 0 Å². The van der Waals surface area contributed by atoms with Crippen LogP contribution in [0.5, 0.6) is 0 Å². The fourth-order valence-electron chi connectivity index (χ4n) is 3.25. The standard InChI is InChI=1S/C10H17NO/c1-9(2)6-10(3)5-7(9)4-8(10)11-12/h7,12H,4-6H2,1-3H3/b11-8+/t7-,10-/m0/s1. The van der Waals surface area contributed by atoms with E-state index in [-0.39, 0.29) is 5.41 Å². The fraction of sp³-hybridized carbons (Fsp3) is 0.900. The van der Waals surface area contributed by atoms with Gasteiger partial charge in [0, 0.05) is 5.41 Å². The highest BCUT2D eigenvalue weighted by molar-refractivity contribution is 5.92. The van der Waals surface area contributed by atoms with E-state index in [1.165, 1.54) is 12.8 Å². The second-order valence-electron chi connectivity index (χ2n) is 5.38. The van der Waals surface area contributed by atoms with E-state index in [1.54, 1.807) is 0 Å². The lowest BCUT2D eigenvalue weighted by molar-refractivity contribution is 0.237. The molecule has 0 aromatic rings. The van der Waals surface area contributed by atoms with Crippen molar-refractivity contribution >= 4 is 5.71 Å². The molecule has 2 rings (SSSR count). The maximum Gasteiger partial charge on any atom is 0.0632 e. The largest absolute Gasteiger partial charge is 0.411 e. The third-order valence-electron chi connectivity index (χ3n) is 3.91. The molecule has 0 radical (unpaired) electrons. The predicted octanol–water partition coefficient (Wildman–Crippen LogP) is 2.66. The molecule has 0 spiro atoms. The van der Waals surface area contributed by atoms with Crippen LogP contribution in [0.4, 0.5) is 0 Å². The first kappa shape index (κ1) is 8.09. The molecule has 0 aliphatic heterocycles. The zero-order valence-electron chi connectivity index (χ0n) is 8.09. The molecule has 0 heterocycles. The van der Waals surface area contributed by atoms with Crippen molar-refractivity contribution in [3.05, 3.63) is 0 Å². The average molecular weight is 167 g/mol. The van der Waals surface area contributed by atoms with Crippen molar-refractivity contribution in [2.75, 3.05) is 0 Å². The van der Waals surface area contributed by atoms with Crippen LogP contribution in [-0.2, 0) is 0 Å². The van der Waals surface area contributed by atoms with Crippen LogP contribution in [0.15, 0.2) is 5.16 Å². The van der Waals surface area contributed by atoms with Gasteiger partial charge in [0.15, 0.2) is 0 Å². The molecular formula is C10H17NO. The first-order chi connectivity index (χ1) is 5.48. The normalized spacial score (nSPS) is 47.2. The maximum absolute atomic E-state index is 8.81. The molecule has 2 aliphatic carbocycles. The van der Waals surface area contributed by atoms with E-state index in [0.29, 0.717) is 5.41 Å². The molecule has 0 aromatic heterocycles. The molecule has 12 heavy (non-hydrogen) atoms. The topological polar surface area (TPSA) is 32.6 Å². The predicted molar refractivity (Wildman–Crippen MR) is 48.5 cm³/mol. The van der Waals surface area contributed by atoms with E-state index >= 15 is 0 Å². The third-order valence-corrected chi connectivity index (χ3v) is 3.91. The van der Waals surface area contributed by atoms with E-state index in [9.17, 15) is 0 Å². The zero-order valence-corrected chi connectivity index (χ0v) is 8.09. The van der Waals surface area contributed by atoms with Gasteiger partial charge in [0.25, 0.3) is 0 Å². The smallest absolute Gasteiger partial charge is 0.0632 e. The van der Waals surface area contributed by atoms with Crippen LogP contribution >= 0.6 is 0 Å². The summed E-state index contributed by atoms with van der Waals surface area (Å²) >= 11 is 0. The molecule has 0 aromatic carbocycles. The molecular weight excluding hydrogens is 150 g/mol. The van der Waals surface area contributed by atoms with Gasteiger partial charge in [-0.05, 0) is 30.6 Å². The second kappa shape index (κ2) is 2.04. The minimum Gasteiger partial charge on any atom is -0.411 e. The van der Waals surface area contributed by atoms with E-state index in [2.05, 4.69) is 25.9 Å². The summed E-state index contributed by atoms with van der Waals surface area (Å²) in [7, 11) is 0. The summed E-state index contributed by atoms with van der Waals surface area (Å²) in [6.07, 6.45) is 3.42. The molecule has 2 aliphatic rings. The van der Waals surface area contributed by atoms with Crippen LogP contribution in [-0.4, -0.2) is 10.9 Å². The monoisotopic (exact) mass is 167 g/mol. The molecule has 0 saturated heterocycles. The Balaban J connectivity index is 2.33. The Morgan fingerprint density at radius 2 is 2.08 bits per heavy atom. The minimum absolute atomic E-state index is 0.211. The Kier molecular flexibility index (Phi) is 1.37. The Labute approximate surface area is 73.7 Å². The van der Waals surface area contributed by atoms with Gasteiger partial charge < -0.3 is 5.21 Å². The van der Waals surface area contributed by atoms with E-state index in [1.807, 2.05) is 0 Å². The van der Waals surface area contributed by atoms with Crippen LogP contribution in [0.25, 0.3) is 0 Å². The van der Waals surface area contributed by atoms with Gasteiger partial charge in [-0.3, -0.25) is 0 Å². The second-order valence-corrected chi connectivity index (χ2v) is 5.38. The zero-order chi connectivity index (χ0) is 8.98. The van der Waals surface area contributed by atoms with Gasteiger partial charge in [-0.25, -0.2) is 0 Å². The number of oxime groups is 1. The van der Waals surface area contributed by atoms with Gasteiger partial charge in [-0.1, -0.05) is 25.9 Å². The number of hydrogen-bond donors (Lipinski definition) is 1. The molecule has 68 valence electrons. The lowest BCUT2D eigenvalue weighted by atomic mass is 9.72. The van der Waals surface area contributed by atoms with Crippen molar-refractivity contribution < 1.29 is 5.21 Å². The number of rotatable bonds is 0. The van der Waals surface area contributed by atoms with Crippen molar-refractivity contribution in [1.82, 2.24) is 0 Å². The van der Waals surface area contributed by atoms with Gasteiger partial charge in [0.1, 0.15) is 0 Å². The SMILES string of the molecule is CC1(C)C[C@]2(C)C[C@@H]1C/C2=N\O. The number of nitrogens with zero attached hydrogens (tertiary/aromatic N) is 1. The van der Waals surface area contributed by atoms with E-state index in [0.717, 1.165) is 18.1 Å². The van der Waals surface area contributed by atoms with E-state index in [4.69, 9.17) is 5.21 Å². The highest BCUT2D eigenvalue weighted by atomic mass is 16.4. The highest BCUT2D eigenvalue weighted by Crippen LogP contribution is 2.60. The van der Waals surface area contributed by atoms with Crippen LogP contribution < -0.4 is 0 Å². The molecule has 2 bridgehead atoms. The Bertz CT molecular complexity index is 244. The van der Waals surface area contributed by atoms with Gasteiger partial charge in [0.2, 0.25) is 0 Å². The lowest BCUT2D eigenvalue weighted by Gasteiger charge is -2.33. The Morgan fingerprint density at radius 3 is 2.42 bits per heavy atom. The molecule has 2 fully saturated rings. The first-order valence-corrected chi connectivity index (χ1v) is 4.69. The van der Waals surface area contributed by atoms with Crippen molar-refractivity contribution in [2.45, 2.75) is 40.0 Å². The van der Waals surface area contributed by atoms with Crippen molar-refractivity contribution in [2.24, 2.45) is 21.9 Å². The molecule has 2 nitrogen and oxygen atoms in total. The molecule has 2 atom stereocenters. The quantitative estimate of drug-likeness (QED) is 0.436. The third kappa shape index (κ3) is 0.838. The molecule has 0 unspecified atom stereocenters. The van der Waals surface area contributed by atoms with Crippen LogP contribution in [0.3, 0.4) is 0 Å². The number of fused-ring (bicyclic) bond motifs is 2. The lowest BCUT2D eigenvalue weighted by Crippen LogP contribution is -2.30. The van der Waals surface area contributed by atoms with Gasteiger partial charge in [0.05, 0.1) is 5.71 Å². The summed E-state index contributed by atoms with van der Waals surface area (Å²) in [6.45, 7) is 6.89. The summed E-state index contributed by atoms with van der Waals surface area (Å²) in [5.74, 6) is 0.744. The summed E-state index contributed by atoms with van der Waals surface area (Å²) in [5.41, 5.74) is 1.71. The van der Waals surface area contributed by atoms with Crippen molar-refractivity contribution in [3.63, 3.8) is 0 Å². The highest BCUT2D eigenvalue weighted by Gasteiger charge is 2.55. The molecule has 1 N–H and O–H groups in total. The average Bonchev–Trinajstić information content (AvgIpc) is 2.34. The minimum atomic E-state index is 0.211. The molecule has 2 heteroatoms. The van der Waals surface area contributed by atoms with Gasteiger partial charge in [-0.15, -0.1) is 0 Å². The Morgan fingerprint density at radius 1 is 1.42 bits per heavy atom. The van der Waals surface area contributed by atoms with E-state index < -0.39 is 0 Å². The van der Waals surface area contributed by atoms with Crippen LogP contribution in [0, 0.1) is 16.7 Å². The Hall–Kier alpha value is -0.530. The summed E-state index contributed by atoms with van der Waals surface area (Å²) in [6, 6.07) is 0. The first-order valence-electron chi connectivity index (χ1n) is 4.69. The molecule has 0 amide bonds. The van der Waals surface area contributed by atoms with Crippen LogP contribution in [0.1, 0.15) is 40.0 Å². The fourth-order valence-corrected chi connectivity index (χ4v) is 3.25. The number of hydrogen-bond acceptors (Lipinski definition) is 2. The maximum atomic E-state index is 8.81. The summed E-state index contributed by atoms with van der Waals surface area (Å²) in [5, 5.41) is 12.2. The van der Waals surface area contributed by atoms with Gasteiger partial charge in [-0.2, -0.15) is 0 Å². The molecule has 2 saturated carbocycles.